The summed E-state index contributed by atoms with van der Waals surface area (Å²) in [5.74, 6) is 1.55. The summed E-state index contributed by atoms with van der Waals surface area (Å²) in [6, 6.07) is 2.02. The van der Waals surface area contributed by atoms with E-state index < -0.39 is 0 Å². The maximum atomic E-state index is 12.2. The van der Waals surface area contributed by atoms with Gasteiger partial charge in [-0.05, 0) is 19.8 Å². The summed E-state index contributed by atoms with van der Waals surface area (Å²) in [5, 5.41) is 6.35. The lowest BCUT2D eigenvalue weighted by Gasteiger charge is -2.27. The molecule has 0 spiro atoms. The Morgan fingerprint density at radius 3 is 2.61 bits per heavy atom. The van der Waals surface area contributed by atoms with Crippen molar-refractivity contribution < 1.29 is 14.1 Å². The molecule has 0 unspecified atom stereocenters. The van der Waals surface area contributed by atoms with Crippen LogP contribution in [0.3, 0.4) is 0 Å². The summed E-state index contributed by atoms with van der Waals surface area (Å²) in [7, 11) is 1.89. The average Bonchev–Trinajstić information content (AvgIpc) is 2.78. The zero-order valence-electron chi connectivity index (χ0n) is 13.8. The van der Waals surface area contributed by atoms with E-state index in [1.165, 1.54) is 37.4 Å². The summed E-state index contributed by atoms with van der Waals surface area (Å²) in [6.07, 6.45) is 7.14. The van der Waals surface area contributed by atoms with Gasteiger partial charge in [0, 0.05) is 19.2 Å². The monoisotopic (exact) mass is 339 g/mol. The fourth-order valence-corrected chi connectivity index (χ4v) is 3.52. The van der Waals surface area contributed by atoms with Crippen molar-refractivity contribution >= 4 is 29.4 Å². The molecule has 0 bridgehead atoms. The number of aromatic nitrogens is 1. The van der Waals surface area contributed by atoms with E-state index in [9.17, 15) is 9.59 Å². The molecular weight excluding hydrogens is 314 g/mol. The molecule has 2 rings (SSSR count). The molecular formula is C16H25N3O3S. The molecule has 1 aliphatic rings. The molecule has 7 heteroatoms. The molecule has 1 N–H and O–H groups in total. The summed E-state index contributed by atoms with van der Waals surface area (Å²) in [4.78, 5) is 25.9. The van der Waals surface area contributed by atoms with Gasteiger partial charge in [0.25, 0.3) is 0 Å². The Kier molecular flexibility index (Phi) is 6.95. The van der Waals surface area contributed by atoms with E-state index in [-0.39, 0.29) is 17.6 Å². The van der Waals surface area contributed by atoms with E-state index in [0.717, 1.165) is 12.8 Å². The Bertz CT molecular complexity index is 524. The summed E-state index contributed by atoms with van der Waals surface area (Å²) in [5.41, 5.74) is 0. The summed E-state index contributed by atoms with van der Waals surface area (Å²) in [6.45, 7) is 1.76. The van der Waals surface area contributed by atoms with Crippen LogP contribution < -0.4 is 5.32 Å². The largest absolute Gasteiger partial charge is 0.360 e. The molecule has 2 amide bonds. The zero-order chi connectivity index (χ0) is 16.7. The van der Waals surface area contributed by atoms with Gasteiger partial charge in [-0.15, -0.1) is 11.8 Å². The Morgan fingerprint density at radius 2 is 2.00 bits per heavy atom. The molecule has 0 atom stereocenters. The molecule has 128 valence electrons. The van der Waals surface area contributed by atoms with Crippen LogP contribution >= 0.6 is 11.8 Å². The molecule has 1 aromatic heterocycles. The van der Waals surface area contributed by atoms with Gasteiger partial charge in [0.1, 0.15) is 5.76 Å². The topological polar surface area (TPSA) is 75.4 Å². The van der Waals surface area contributed by atoms with Crippen LogP contribution in [0.1, 0.15) is 44.3 Å². The van der Waals surface area contributed by atoms with Crippen LogP contribution in [0.25, 0.3) is 0 Å². The molecule has 0 radical (unpaired) electrons. The fourth-order valence-electron chi connectivity index (χ4n) is 2.79. The highest BCUT2D eigenvalue weighted by molar-refractivity contribution is 8.00. The lowest BCUT2D eigenvalue weighted by atomic mass is 10.1. The van der Waals surface area contributed by atoms with Crippen LogP contribution in [0.15, 0.2) is 10.6 Å². The molecule has 0 saturated heterocycles. The normalized spacial score (nSPS) is 15.9. The first-order chi connectivity index (χ1) is 11.1. The van der Waals surface area contributed by atoms with Gasteiger partial charge in [-0.25, -0.2) is 0 Å². The lowest BCUT2D eigenvalue weighted by molar-refractivity contribution is -0.129. The molecule has 1 heterocycles. The fraction of sp³-hybridized carbons (Fsp3) is 0.688. The molecule has 6 nitrogen and oxygen atoms in total. The molecule has 23 heavy (non-hydrogen) atoms. The van der Waals surface area contributed by atoms with Gasteiger partial charge < -0.3 is 14.7 Å². The number of nitrogens with one attached hydrogen (secondary N) is 1. The number of hydrogen-bond acceptors (Lipinski definition) is 5. The van der Waals surface area contributed by atoms with Gasteiger partial charge in [-0.3, -0.25) is 9.59 Å². The number of rotatable bonds is 6. The molecule has 1 aliphatic carbocycles. The predicted octanol–water partition coefficient (Wildman–Crippen LogP) is 2.84. The molecule has 0 aliphatic heterocycles. The van der Waals surface area contributed by atoms with Crippen molar-refractivity contribution in [1.82, 2.24) is 10.1 Å². The molecule has 1 fully saturated rings. The van der Waals surface area contributed by atoms with Crippen molar-refractivity contribution in [3.8, 4) is 0 Å². The van der Waals surface area contributed by atoms with Gasteiger partial charge in [0.2, 0.25) is 11.8 Å². The molecule has 1 saturated carbocycles. The second kappa shape index (κ2) is 8.96. The van der Waals surface area contributed by atoms with E-state index in [0.29, 0.717) is 23.4 Å². The zero-order valence-corrected chi connectivity index (χ0v) is 14.7. The van der Waals surface area contributed by atoms with Gasteiger partial charge >= 0.3 is 0 Å². The number of hydrogen-bond donors (Lipinski definition) is 1. The van der Waals surface area contributed by atoms with Crippen LogP contribution in [0.2, 0.25) is 0 Å². The van der Waals surface area contributed by atoms with Crippen LogP contribution in [-0.4, -0.2) is 46.5 Å². The smallest absolute Gasteiger partial charge is 0.235 e. The van der Waals surface area contributed by atoms with E-state index in [1.54, 1.807) is 13.0 Å². The van der Waals surface area contributed by atoms with E-state index in [4.69, 9.17) is 4.52 Å². The summed E-state index contributed by atoms with van der Waals surface area (Å²) < 4.78 is 4.88. The first kappa shape index (κ1) is 17.8. The second-order valence-corrected chi connectivity index (χ2v) is 7.00. The Balaban J connectivity index is 1.68. The number of nitrogens with zero attached hydrogens (tertiary/aromatic N) is 2. The predicted molar refractivity (Wildman–Crippen MR) is 91.5 cm³/mol. The minimum Gasteiger partial charge on any atom is -0.360 e. The highest BCUT2D eigenvalue weighted by atomic mass is 32.2. The minimum absolute atomic E-state index is 0.104. The maximum absolute atomic E-state index is 12.2. The third-order valence-electron chi connectivity index (χ3n) is 4.12. The lowest BCUT2D eigenvalue weighted by Crippen LogP contribution is -2.38. The standard InChI is InChI=1S/C16H25N3O3S/c1-12-9-14(18-22-12)17-15(20)10-23-11-16(21)19(2)13-7-5-3-4-6-8-13/h9,13H,3-8,10-11H2,1-2H3,(H,17,18,20). The number of amides is 2. The number of carbonyl (C=O) groups excluding carboxylic acids is 2. The van der Waals surface area contributed by atoms with Gasteiger partial charge in [0.05, 0.1) is 11.5 Å². The van der Waals surface area contributed by atoms with Crippen LogP contribution in [0, 0.1) is 6.92 Å². The number of aryl methyl sites for hydroxylation is 1. The number of carbonyl (C=O) groups is 2. The summed E-state index contributed by atoms with van der Waals surface area (Å²) >= 11 is 1.33. The number of anilines is 1. The SMILES string of the molecule is Cc1cc(NC(=O)CSCC(=O)N(C)C2CCCCCC2)no1. The Labute approximate surface area is 141 Å². The first-order valence-electron chi connectivity index (χ1n) is 8.13. The van der Waals surface area contributed by atoms with Gasteiger partial charge in [0.15, 0.2) is 5.82 Å². The van der Waals surface area contributed by atoms with Crippen LogP contribution in [0.5, 0.6) is 0 Å². The third kappa shape index (κ3) is 5.89. The van der Waals surface area contributed by atoms with E-state index in [2.05, 4.69) is 10.5 Å². The van der Waals surface area contributed by atoms with Crippen LogP contribution in [0.4, 0.5) is 5.82 Å². The van der Waals surface area contributed by atoms with Crippen molar-refractivity contribution in [3.05, 3.63) is 11.8 Å². The second-order valence-electron chi connectivity index (χ2n) is 6.01. The van der Waals surface area contributed by atoms with Crippen molar-refractivity contribution in [2.75, 3.05) is 23.9 Å². The number of thioether (sulfide) groups is 1. The average molecular weight is 339 g/mol. The van der Waals surface area contributed by atoms with Gasteiger partial charge in [-0.1, -0.05) is 30.8 Å². The van der Waals surface area contributed by atoms with Crippen molar-refractivity contribution in [2.45, 2.75) is 51.5 Å². The van der Waals surface area contributed by atoms with E-state index >= 15 is 0 Å². The molecule has 0 aromatic carbocycles. The highest BCUT2D eigenvalue weighted by Gasteiger charge is 2.21. The van der Waals surface area contributed by atoms with E-state index in [1.807, 2.05) is 11.9 Å². The quantitative estimate of drug-likeness (QED) is 0.807. The highest BCUT2D eigenvalue weighted by Crippen LogP contribution is 2.21. The minimum atomic E-state index is -0.173. The Morgan fingerprint density at radius 1 is 1.30 bits per heavy atom. The Hall–Kier alpha value is -1.50. The maximum Gasteiger partial charge on any atom is 0.235 e. The van der Waals surface area contributed by atoms with Gasteiger partial charge in [-0.2, -0.15) is 0 Å². The third-order valence-corrected chi connectivity index (χ3v) is 5.04. The van der Waals surface area contributed by atoms with Crippen molar-refractivity contribution in [2.24, 2.45) is 0 Å². The van der Waals surface area contributed by atoms with Crippen LogP contribution in [-0.2, 0) is 9.59 Å². The van der Waals surface area contributed by atoms with Crippen molar-refractivity contribution in [1.29, 1.82) is 0 Å². The first-order valence-corrected chi connectivity index (χ1v) is 9.28. The molecule has 1 aromatic rings. The van der Waals surface area contributed by atoms with Crippen molar-refractivity contribution in [3.63, 3.8) is 0 Å².